The molecule has 0 aliphatic heterocycles. The van der Waals surface area contributed by atoms with Crippen LogP contribution in [0.1, 0.15) is 23.0 Å². The number of amides is 1. The number of benzene rings is 1. The molecule has 19 heavy (non-hydrogen) atoms. The number of halogens is 2. The van der Waals surface area contributed by atoms with Gasteiger partial charge in [-0.1, -0.05) is 12.1 Å². The summed E-state index contributed by atoms with van der Waals surface area (Å²) >= 11 is 6.88. The van der Waals surface area contributed by atoms with Crippen molar-refractivity contribution < 1.29 is 4.79 Å². The first-order chi connectivity index (χ1) is 9.02. The monoisotopic (exact) mass is 384 g/mol. The zero-order valence-corrected chi connectivity index (χ0v) is 13.9. The third-order valence-corrected chi connectivity index (χ3v) is 4.36. The molecule has 0 saturated carbocycles. The summed E-state index contributed by atoms with van der Waals surface area (Å²) in [6, 6.07) is 7.61. The molecular weight excluding hydrogens is 372 g/mol. The Bertz CT molecular complexity index is 620. The van der Waals surface area contributed by atoms with Crippen molar-refractivity contribution in [3.05, 3.63) is 50.7 Å². The summed E-state index contributed by atoms with van der Waals surface area (Å²) < 4.78 is 3.73. The Balaban J connectivity index is 2.28. The van der Waals surface area contributed by atoms with Gasteiger partial charge < -0.3 is 9.88 Å². The summed E-state index contributed by atoms with van der Waals surface area (Å²) in [5, 5.41) is 2.93. The molecule has 0 fully saturated rings. The second-order valence-corrected chi connectivity index (χ2v) is 5.93. The van der Waals surface area contributed by atoms with E-state index in [4.69, 9.17) is 0 Å². The molecule has 0 radical (unpaired) electrons. The number of anilines is 1. The molecule has 0 aliphatic rings. The average molecular weight is 386 g/mol. The van der Waals surface area contributed by atoms with Crippen molar-refractivity contribution in [2.45, 2.75) is 20.4 Å². The van der Waals surface area contributed by atoms with E-state index in [2.05, 4.69) is 37.2 Å². The van der Waals surface area contributed by atoms with Crippen LogP contribution >= 0.6 is 31.9 Å². The number of rotatable bonds is 3. The Morgan fingerprint density at radius 2 is 2.11 bits per heavy atom. The maximum atomic E-state index is 12.3. The zero-order valence-electron chi connectivity index (χ0n) is 10.7. The molecule has 1 aromatic heterocycles. The standard InChI is InChI=1S/C14H14Br2N2O/c1-3-18-8-10(15)7-12(18)14(19)17-11-6-4-5-9(2)13(11)16/h4-8H,3H2,1-2H3,(H,17,19). The summed E-state index contributed by atoms with van der Waals surface area (Å²) in [5.41, 5.74) is 2.51. The molecule has 100 valence electrons. The first kappa shape index (κ1) is 14.3. The van der Waals surface area contributed by atoms with E-state index >= 15 is 0 Å². The molecule has 0 spiro atoms. The van der Waals surface area contributed by atoms with Crippen LogP contribution in [0.25, 0.3) is 0 Å². The number of aromatic nitrogens is 1. The third-order valence-electron chi connectivity index (χ3n) is 2.88. The van der Waals surface area contributed by atoms with Gasteiger partial charge in [0.1, 0.15) is 5.69 Å². The van der Waals surface area contributed by atoms with Gasteiger partial charge in [-0.2, -0.15) is 0 Å². The summed E-state index contributed by atoms with van der Waals surface area (Å²) in [6.07, 6.45) is 1.90. The van der Waals surface area contributed by atoms with E-state index in [9.17, 15) is 4.79 Å². The molecule has 1 N–H and O–H groups in total. The number of carbonyl (C=O) groups is 1. The molecule has 0 atom stereocenters. The van der Waals surface area contributed by atoms with Crippen LogP contribution in [0.15, 0.2) is 39.4 Å². The number of aryl methyl sites for hydroxylation is 2. The number of hydrogen-bond donors (Lipinski definition) is 1. The molecule has 1 amide bonds. The number of carbonyl (C=O) groups excluding carboxylic acids is 1. The van der Waals surface area contributed by atoms with E-state index in [-0.39, 0.29) is 5.91 Å². The third kappa shape index (κ3) is 3.09. The van der Waals surface area contributed by atoms with Crippen molar-refractivity contribution in [3.8, 4) is 0 Å². The van der Waals surface area contributed by atoms with Crippen LogP contribution in [-0.2, 0) is 6.54 Å². The first-order valence-corrected chi connectivity index (χ1v) is 7.53. The van der Waals surface area contributed by atoms with Gasteiger partial charge in [0, 0.05) is 21.7 Å². The highest BCUT2D eigenvalue weighted by atomic mass is 79.9. The topological polar surface area (TPSA) is 34.0 Å². The second-order valence-electron chi connectivity index (χ2n) is 4.22. The van der Waals surface area contributed by atoms with E-state index < -0.39 is 0 Å². The summed E-state index contributed by atoms with van der Waals surface area (Å²) in [7, 11) is 0. The number of nitrogens with zero attached hydrogens (tertiary/aromatic N) is 1. The highest BCUT2D eigenvalue weighted by Crippen LogP contribution is 2.26. The Morgan fingerprint density at radius 3 is 2.79 bits per heavy atom. The van der Waals surface area contributed by atoms with Crippen LogP contribution in [0.5, 0.6) is 0 Å². The molecular formula is C14H14Br2N2O. The SMILES string of the molecule is CCn1cc(Br)cc1C(=O)Nc1cccc(C)c1Br. The van der Waals surface area contributed by atoms with Gasteiger partial charge in [0.2, 0.25) is 0 Å². The van der Waals surface area contributed by atoms with Crippen LogP contribution in [-0.4, -0.2) is 10.5 Å². The molecule has 0 aliphatic carbocycles. The van der Waals surface area contributed by atoms with E-state index in [1.165, 1.54) is 0 Å². The maximum Gasteiger partial charge on any atom is 0.272 e. The summed E-state index contributed by atoms with van der Waals surface area (Å²) in [6.45, 7) is 4.75. The molecule has 1 aromatic carbocycles. The molecule has 3 nitrogen and oxygen atoms in total. The largest absolute Gasteiger partial charge is 0.343 e. The predicted octanol–water partition coefficient (Wildman–Crippen LogP) is 4.59. The lowest BCUT2D eigenvalue weighted by Crippen LogP contribution is -2.16. The van der Waals surface area contributed by atoms with Gasteiger partial charge in [-0.15, -0.1) is 0 Å². The average Bonchev–Trinajstić information content (AvgIpc) is 2.76. The van der Waals surface area contributed by atoms with Crippen LogP contribution in [0, 0.1) is 6.92 Å². The molecule has 2 rings (SSSR count). The second kappa shape index (κ2) is 5.92. The molecule has 0 saturated heterocycles. The first-order valence-electron chi connectivity index (χ1n) is 5.95. The van der Waals surface area contributed by atoms with E-state index in [0.29, 0.717) is 5.69 Å². The normalized spacial score (nSPS) is 10.5. The Labute approximate surface area is 129 Å². The maximum absolute atomic E-state index is 12.3. The lowest BCUT2D eigenvalue weighted by molar-refractivity contribution is 0.101. The van der Waals surface area contributed by atoms with Gasteiger partial charge in [-0.3, -0.25) is 4.79 Å². The van der Waals surface area contributed by atoms with Crippen LogP contribution in [0.3, 0.4) is 0 Å². The van der Waals surface area contributed by atoms with E-state index in [1.54, 1.807) is 0 Å². The molecule has 2 aromatic rings. The van der Waals surface area contributed by atoms with Crippen molar-refractivity contribution in [2.75, 3.05) is 5.32 Å². The van der Waals surface area contributed by atoms with Crippen LogP contribution in [0.4, 0.5) is 5.69 Å². The summed E-state index contributed by atoms with van der Waals surface area (Å²) in [4.78, 5) is 12.3. The van der Waals surface area contributed by atoms with Crippen molar-refractivity contribution in [1.29, 1.82) is 0 Å². The highest BCUT2D eigenvalue weighted by molar-refractivity contribution is 9.11. The van der Waals surface area contributed by atoms with Gasteiger partial charge in [-0.05, 0) is 63.4 Å². The fourth-order valence-corrected chi connectivity index (χ4v) is 2.68. The van der Waals surface area contributed by atoms with Gasteiger partial charge in [0.15, 0.2) is 0 Å². The molecule has 0 unspecified atom stereocenters. The van der Waals surface area contributed by atoms with Gasteiger partial charge >= 0.3 is 0 Å². The minimum absolute atomic E-state index is 0.112. The van der Waals surface area contributed by atoms with Crippen LogP contribution in [0.2, 0.25) is 0 Å². The van der Waals surface area contributed by atoms with E-state index in [1.807, 2.05) is 48.9 Å². The van der Waals surface area contributed by atoms with Crippen molar-refractivity contribution in [3.63, 3.8) is 0 Å². The fraction of sp³-hybridized carbons (Fsp3) is 0.214. The smallest absolute Gasteiger partial charge is 0.272 e. The molecule has 5 heteroatoms. The number of hydrogen-bond acceptors (Lipinski definition) is 1. The van der Waals surface area contributed by atoms with Gasteiger partial charge in [-0.25, -0.2) is 0 Å². The minimum atomic E-state index is -0.112. The Kier molecular flexibility index (Phi) is 4.47. The Morgan fingerprint density at radius 1 is 1.37 bits per heavy atom. The molecule has 1 heterocycles. The fourth-order valence-electron chi connectivity index (χ4n) is 1.86. The van der Waals surface area contributed by atoms with Crippen molar-refractivity contribution >= 4 is 43.5 Å². The Hall–Kier alpha value is -1.07. The van der Waals surface area contributed by atoms with Gasteiger partial charge in [0.05, 0.1) is 5.69 Å². The zero-order chi connectivity index (χ0) is 14.0. The van der Waals surface area contributed by atoms with E-state index in [0.717, 1.165) is 26.7 Å². The summed E-state index contributed by atoms with van der Waals surface area (Å²) in [5.74, 6) is -0.112. The van der Waals surface area contributed by atoms with Crippen molar-refractivity contribution in [1.82, 2.24) is 4.57 Å². The lowest BCUT2D eigenvalue weighted by Gasteiger charge is -2.10. The minimum Gasteiger partial charge on any atom is -0.343 e. The predicted molar refractivity (Wildman–Crippen MR) is 84.6 cm³/mol. The van der Waals surface area contributed by atoms with Gasteiger partial charge in [0.25, 0.3) is 5.91 Å². The highest BCUT2D eigenvalue weighted by Gasteiger charge is 2.14. The van der Waals surface area contributed by atoms with Crippen LogP contribution < -0.4 is 5.32 Å². The quantitative estimate of drug-likeness (QED) is 0.823. The lowest BCUT2D eigenvalue weighted by atomic mass is 10.2. The van der Waals surface area contributed by atoms with Crippen molar-refractivity contribution in [2.24, 2.45) is 0 Å². The molecule has 0 bridgehead atoms. The number of nitrogens with one attached hydrogen (secondary N) is 1.